The third kappa shape index (κ3) is 3.28. The lowest BCUT2D eigenvalue weighted by atomic mass is 10.1. The Morgan fingerprint density at radius 3 is 2.39 bits per heavy atom. The molecule has 0 saturated carbocycles. The van der Waals surface area contributed by atoms with Gasteiger partial charge in [-0.1, -0.05) is 0 Å². The van der Waals surface area contributed by atoms with Crippen LogP contribution >= 0.6 is 0 Å². The Hall–Kier alpha value is -3.42. The fourth-order valence-electron chi connectivity index (χ4n) is 2.94. The van der Waals surface area contributed by atoms with E-state index in [1.807, 2.05) is 13.8 Å². The number of alkyl halides is 3. The SMILES string of the molecule is Cc1nc2ccc(C(=O)Nc3ccc4[nH]c(C(F)(F)F)cc4c3)cc2nc1C. The van der Waals surface area contributed by atoms with Crippen molar-refractivity contribution in [3.05, 3.63) is 65.1 Å². The van der Waals surface area contributed by atoms with Crippen molar-refractivity contribution in [2.75, 3.05) is 5.32 Å². The molecule has 5 nitrogen and oxygen atoms in total. The molecule has 0 radical (unpaired) electrons. The summed E-state index contributed by atoms with van der Waals surface area (Å²) >= 11 is 0. The Morgan fingerprint density at radius 1 is 0.964 bits per heavy atom. The van der Waals surface area contributed by atoms with Crippen molar-refractivity contribution in [2.45, 2.75) is 20.0 Å². The molecule has 1 amide bonds. The summed E-state index contributed by atoms with van der Waals surface area (Å²) < 4.78 is 38.5. The predicted octanol–water partition coefficient (Wildman–Crippen LogP) is 5.00. The van der Waals surface area contributed by atoms with Gasteiger partial charge >= 0.3 is 6.18 Å². The van der Waals surface area contributed by atoms with Gasteiger partial charge in [-0.15, -0.1) is 0 Å². The van der Waals surface area contributed by atoms with E-state index >= 15 is 0 Å². The Kier molecular flexibility index (Phi) is 4.06. The highest BCUT2D eigenvalue weighted by atomic mass is 19.4. The van der Waals surface area contributed by atoms with E-state index in [0.29, 0.717) is 33.2 Å². The van der Waals surface area contributed by atoms with Crippen LogP contribution in [-0.4, -0.2) is 20.9 Å². The summed E-state index contributed by atoms with van der Waals surface area (Å²) in [5.74, 6) is -0.382. The van der Waals surface area contributed by atoms with Gasteiger partial charge < -0.3 is 10.3 Å². The molecule has 0 spiro atoms. The lowest BCUT2D eigenvalue weighted by molar-refractivity contribution is -0.140. The number of hydrogen-bond acceptors (Lipinski definition) is 3. The van der Waals surface area contributed by atoms with E-state index in [1.165, 1.54) is 12.1 Å². The molecule has 0 aliphatic carbocycles. The number of fused-ring (bicyclic) bond motifs is 2. The third-order valence-corrected chi connectivity index (χ3v) is 4.52. The topological polar surface area (TPSA) is 70.7 Å². The first-order chi connectivity index (χ1) is 13.2. The molecule has 4 aromatic rings. The summed E-state index contributed by atoms with van der Waals surface area (Å²) in [6.45, 7) is 3.71. The van der Waals surface area contributed by atoms with Gasteiger partial charge in [0, 0.05) is 22.2 Å². The third-order valence-electron chi connectivity index (χ3n) is 4.52. The second-order valence-corrected chi connectivity index (χ2v) is 6.53. The van der Waals surface area contributed by atoms with Crippen LogP contribution in [0.1, 0.15) is 27.4 Å². The van der Waals surface area contributed by atoms with Crippen molar-refractivity contribution in [3.63, 3.8) is 0 Å². The van der Waals surface area contributed by atoms with Gasteiger partial charge in [-0.3, -0.25) is 4.79 Å². The van der Waals surface area contributed by atoms with Gasteiger partial charge in [-0.05, 0) is 56.3 Å². The van der Waals surface area contributed by atoms with Crippen LogP contribution in [-0.2, 0) is 6.18 Å². The molecule has 0 saturated heterocycles. The molecule has 2 aromatic carbocycles. The van der Waals surface area contributed by atoms with Crippen molar-refractivity contribution < 1.29 is 18.0 Å². The van der Waals surface area contributed by atoms with Crippen molar-refractivity contribution in [2.24, 2.45) is 0 Å². The predicted molar refractivity (Wildman–Crippen MR) is 100 cm³/mol. The number of aryl methyl sites for hydroxylation is 2. The molecule has 2 N–H and O–H groups in total. The fourth-order valence-corrected chi connectivity index (χ4v) is 2.94. The molecule has 2 aromatic heterocycles. The molecule has 0 bridgehead atoms. The van der Waals surface area contributed by atoms with Gasteiger partial charge in [-0.2, -0.15) is 13.2 Å². The van der Waals surface area contributed by atoms with E-state index < -0.39 is 11.9 Å². The number of benzene rings is 2. The number of amides is 1. The van der Waals surface area contributed by atoms with Gasteiger partial charge in [0.25, 0.3) is 5.91 Å². The molecular formula is C20H15F3N4O. The summed E-state index contributed by atoms with van der Waals surface area (Å²) in [6, 6.07) is 10.5. The molecule has 142 valence electrons. The number of nitrogens with one attached hydrogen (secondary N) is 2. The normalized spacial score (nSPS) is 11.9. The van der Waals surface area contributed by atoms with Crippen LogP contribution in [0.5, 0.6) is 0 Å². The van der Waals surface area contributed by atoms with Crippen LogP contribution in [0.25, 0.3) is 21.9 Å². The summed E-state index contributed by atoms with van der Waals surface area (Å²) in [6.07, 6.45) is -4.45. The summed E-state index contributed by atoms with van der Waals surface area (Å²) in [5, 5.41) is 3.07. The molecule has 8 heteroatoms. The van der Waals surface area contributed by atoms with Crippen LogP contribution in [0.4, 0.5) is 18.9 Å². The lowest BCUT2D eigenvalue weighted by Crippen LogP contribution is -2.12. The first-order valence-electron chi connectivity index (χ1n) is 8.47. The maximum atomic E-state index is 12.8. The number of halogens is 3. The monoisotopic (exact) mass is 384 g/mol. The Bertz CT molecular complexity index is 1230. The van der Waals surface area contributed by atoms with E-state index in [9.17, 15) is 18.0 Å². The van der Waals surface area contributed by atoms with Crippen molar-refractivity contribution >= 4 is 33.5 Å². The zero-order valence-electron chi connectivity index (χ0n) is 15.0. The number of hydrogen-bond donors (Lipinski definition) is 2. The highest BCUT2D eigenvalue weighted by molar-refractivity contribution is 6.06. The van der Waals surface area contributed by atoms with Gasteiger partial charge in [-0.25, -0.2) is 9.97 Å². The Morgan fingerprint density at radius 2 is 1.68 bits per heavy atom. The molecule has 0 fully saturated rings. The standard InChI is InChI=1S/C20H15F3N4O/c1-10-11(2)25-17-8-12(3-5-16(17)24-10)19(28)26-14-4-6-15-13(7-14)9-18(27-15)20(21,22)23/h3-9,27H,1-2H3,(H,26,28). The van der Waals surface area contributed by atoms with Crippen molar-refractivity contribution in [1.29, 1.82) is 0 Å². The van der Waals surface area contributed by atoms with Gasteiger partial charge in [0.15, 0.2) is 0 Å². The van der Waals surface area contributed by atoms with E-state index in [4.69, 9.17) is 0 Å². The van der Waals surface area contributed by atoms with E-state index in [2.05, 4.69) is 20.3 Å². The average Bonchev–Trinajstić information content (AvgIpc) is 3.06. The quantitative estimate of drug-likeness (QED) is 0.511. The Balaban J connectivity index is 1.62. The van der Waals surface area contributed by atoms with Crippen LogP contribution < -0.4 is 5.32 Å². The number of nitrogens with zero attached hydrogens (tertiary/aromatic N) is 2. The molecular weight excluding hydrogens is 369 g/mol. The van der Waals surface area contributed by atoms with Crippen LogP contribution in [0.3, 0.4) is 0 Å². The summed E-state index contributed by atoms with van der Waals surface area (Å²) in [5.41, 5.74) is 3.19. The average molecular weight is 384 g/mol. The molecule has 0 atom stereocenters. The maximum absolute atomic E-state index is 12.8. The molecule has 4 rings (SSSR count). The molecule has 0 unspecified atom stereocenters. The van der Waals surface area contributed by atoms with E-state index in [-0.39, 0.29) is 5.91 Å². The zero-order chi connectivity index (χ0) is 20.1. The van der Waals surface area contributed by atoms with Gasteiger partial charge in [0.1, 0.15) is 5.69 Å². The number of H-pyrrole nitrogens is 1. The van der Waals surface area contributed by atoms with E-state index in [1.54, 1.807) is 24.3 Å². The number of aromatic nitrogens is 3. The maximum Gasteiger partial charge on any atom is 0.431 e. The van der Waals surface area contributed by atoms with Crippen molar-refractivity contribution in [1.82, 2.24) is 15.0 Å². The largest absolute Gasteiger partial charge is 0.431 e. The minimum atomic E-state index is -4.45. The number of aromatic amines is 1. The van der Waals surface area contributed by atoms with Crippen LogP contribution in [0, 0.1) is 13.8 Å². The highest BCUT2D eigenvalue weighted by Gasteiger charge is 2.32. The van der Waals surface area contributed by atoms with Crippen molar-refractivity contribution in [3.8, 4) is 0 Å². The highest BCUT2D eigenvalue weighted by Crippen LogP contribution is 2.32. The number of carbonyl (C=O) groups excluding carboxylic acids is 1. The molecule has 2 heterocycles. The zero-order valence-corrected chi connectivity index (χ0v) is 15.0. The first-order valence-corrected chi connectivity index (χ1v) is 8.47. The molecule has 0 aliphatic heterocycles. The minimum Gasteiger partial charge on any atom is -0.351 e. The minimum absolute atomic E-state index is 0.345. The van der Waals surface area contributed by atoms with Gasteiger partial charge in [0.2, 0.25) is 0 Å². The second-order valence-electron chi connectivity index (χ2n) is 6.53. The fraction of sp³-hybridized carbons (Fsp3) is 0.150. The summed E-state index contributed by atoms with van der Waals surface area (Å²) in [7, 11) is 0. The first kappa shape index (κ1) is 18.0. The number of anilines is 1. The van der Waals surface area contributed by atoms with Gasteiger partial charge in [0.05, 0.1) is 22.4 Å². The van der Waals surface area contributed by atoms with Crippen LogP contribution in [0.2, 0.25) is 0 Å². The molecule has 0 aliphatic rings. The van der Waals surface area contributed by atoms with E-state index in [0.717, 1.165) is 17.5 Å². The summed E-state index contributed by atoms with van der Waals surface area (Å²) in [4.78, 5) is 23.8. The van der Waals surface area contributed by atoms with Crippen LogP contribution in [0.15, 0.2) is 42.5 Å². The second kappa shape index (κ2) is 6.33. The number of carbonyl (C=O) groups is 1. The number of rotatable bonds is 2. The molecule has 28 heavy (non-hydrogen) atoms. The lowest BCUT2D eigenvalue weighted by Gasteiger charge is -2.07. The Labute approximate surface area is 157 Å². The smallest absolute Gasteiger partial charge is 0.351 e.